The summed E-state index contributed by atoms with van der Waals surface area (Å²) in [5, 5.41) is 3.11. The summed E-state index contributed by atoms with van der Waals surface area (Å²) in [6.45, 7) is 4.39. The predicted molar refractivity (Wildman–Crippen MR) is 102 cm³/mol. The van der Waals surface area contributed by atoms with Gasteiger partial charge in [0.2, 0.25) is 0 Å². The minimum absolute atomic E-state index is 0.0889. The van der Waals surface area contributed by atoms with Crippen molar-refractivity contribution in [2.75, 3.05) is 31.5 Å². The van der Waals surface area contributed by atoms with Gasteiger partial charge in [0.05, 0.1) is 0 Å². The van der Waals surface area contributed by atoms with Gasteiger partial charge in [0, 0.05) is 24.8 Å². The number of fused-ring (bicyclic) bond motifs is 1. The van der Waals surface area contributed by atoms with E-state index in [1.165, 1.54) is 58.0 Å². The summed E-state index contributed by atoms with van der Waals surface area (Å²) in [5.74, 6) is 1.38. The lowest BCUT2D eigenvalue weighted by Gasteiger charge is -2.45. The fraction of sp³-hybridized carbons (Fsp3) is 0.667. The number of rotatable bonds is 5. The highest BCUT2D eigenvalue weighted by Crippen LogP contribution is 2.34. The zero-order valence-corrected chi connectivity index (χ0v) is 15.2. The molecule has 2 amide bonds. The molecule has 2 aliphatic heterocycles. The lowest BCUT2D eigenvalue weighted by molar-refractivity contribution is 0.0462. The highest BCUT2D eigenvalue weighted by atomic mass is 16.2. The van der Waals surface area contributed by atoms with Gasteiger partial charge in [-0.1, -0.05) is 24.6 Å². The van der Waals surface area contributed by atoms with Crippen LogP contribution >= 0.6 is 0 Å². The van der Waals surface area contributed by atoms with Crippen LogP contribution in [0.5, 0.6) is 0 Å². The second-order valence-electron chi connectivity index (χ2n) is 8.15. The van der Waals surface area contributed by atoms with Gasteiger partial charge in [0.25, 0.3) is 0 Å². The first kappa shape index (κ1) is 16.9. The van der Waals surface area contributed by atoms with Crippen LogP contribution in [0.3, 0.4) is 0 Å². The van der Waals surface area contributed by atoms with Crippen LogP contribution in [0.25, 0.3) is 0 Å². The zero-order chi connectivity index (χ0) is 17.1. The standard InChI is InChI=1S/C21H31N3O/c25-21(22-19-8-2-1-3-9-19)24(15-17-11-12-17)16-18-7-6-14-23-13-5-4-10-20(18)23/h1-3,8-9,17-18,20H,4-7,10-16H2,(H,22,25). The van der Waals surface area contributed by atoms with E-state index in [1.54, 1.807) is 0 Å². The molecule has 2 unspecified atom stereocenters. The van der Waals surface area contributed by atoms with Crippen molar-refractivity contribution in [2.24, 2.45) is 11.8 Å². The van der Waals surface area contributed by atoms with Gasteiger partial charge in [-0.3, -0.25) is 0 Å². The van der Waals surface area contributed by atoms with Crippen molar-refractivity contribution in [3.63, 3.8) is 0 Å². The van der Waals surface area contributed by atoms with E-state index in [-0.39, 0.29) is 6.03 Å². The van der Waals surface area contributed by atoms with Crippen LogP contribution in [0.2, 0.25) is 0 Å². The van der Waals surface area contributed by atoms with E-state index in [9.17, 15) is 4.79 Å². The number of nitrogens with one attached hydrogen (secondary N) is 1. The van der Waals surface area contributed by atoms with E-state index in [4.69, 9.17) is 0 Å². The van der Waals surface area contributed by atoms with Crippen molar-refractivity contribution in [3.8, 4) is 0 Å². The van der Waals surface area contributed by atoms with Crippen LogP contribution < -0.4 is 5.32 Å². The first-order valence-electron chi connectivity index (χ1n) is 10.1. The molecule has 1 aliphatic carbocycles. The van der Waals surface area contributed by atoms with Gasteiger partial charge in [-0.05, 0) is 75.6 Å². The van der Waals surface area contributed by atoms with Crippen molar-refractivity contribution < 1.29 is 4.79 Å². The van der Waals surface area contributed by atoms with E-state index in [1.807, 2.05) is 30.3 Å². The largest absolute Gasteiger partial charge is 0.324 e. The Morgan fingerprint density at radius 1 is 1.00 bits per heavy atom. The van der Waals surface area contributed by atoms with E-state index >= 15 is 0 Å². The van der Waals surface area contributed by atoms with Crippen LogP contribution in [-0.2, 0) is 0 Å². The van der Waals surface area contributed by atoms with E-state index in [0.717, 1.165) is 24.7 Å². The maximum Gasteiger partial charge on any atom is 0.321 e. The number of carbonyl (C=O) groups excluding carboxylic acids is 1. The number of para-hydroxylation sites is 1. The second-order valence-corrected chi connectivity index (χ2v) is 8.15. The molecule has 2 atom stereocenters. The first-order valence-corrected chi connectivity index (χ1v) is 10.1. The molecular formula is C21H31N3O. The summed E-state index contributed by atoms with van der Waals surface area (Å²) >= 11 is 0. The van der Waals surface area contributed by atoms with Crippen molar-refractivity contribution >= 4 is 11.7 Å². The minimum atomic E-state index is 0.0889. The van der Waals surface area contributed by atoms with Gasteiger partial charge >= 0.3 is 6.03 Å². The molecule has 4 heteroatoms. The van der Waals surface area contributed by atoms with Crippen molar-refractivity contribution in [3.05, 3.63) is 30.3 Å². The molecule has 25 heavy (non-hydrogen) atoms. The van der Waals surface area contributed by atoms with E-state index in [2.05, 4.69) is 15.1 Å². The van der Waals surface area contributed by atoms with Gasteiger partial charge in [-0.25, -0.2) is 4.79 Å². The third kappa shape index (κ3) is 4.35. The fourth-order valence-corrected chi connectivity index (χ4v) is 4.65. The number of urea groups is 1. The van der Waals surface area contributed by atoms with E-state index in [0.29, 0.717) is 12.0 Å². The SMILES string of the molecule is O=C(Nc1ccccc1)N(CC1CC1)CC1CCCN2CCCCC12. The molecule has 136 valence electrons. The van der Waals surface area contributed by atoms with Crippen LogP contribution in [0.15, 0.2) is 30.3 Å². The molecule has 0 bridgehead atoms. The highest BCUT2D eigenvalue weighted by Gasteiger charge is 2.36. The molecule has 1 aromatic rings. The molecule has 2 saturated heterocycles. The molecular weight excluding hydrogens is 310 g/mol. The topological polar surface area (TPSA) is 35.6 Å². The Balaban J connectivity index is 1.42. The van der Waals surface area contributed by atoms with Crippen molar-refractivity contribution in [2.45, 2.75) is 51.0 Å². The van der Waals surface area contributed by atoms with E-state index < -0.39 is 0 Å². The number of hydrogen-bond donors (Lipinski definition) is 1. The van der Waals surface area contributed by atoms with Gasteiger partial charge < -0.3 is 15.1 Å². The average Bonchev–Trinajstić information content (AvgIpc) is 3.46. The number of hydrogen-bond acceptors (Lipinski definition) is 2. The Kier molecular flexibility index (Phi) is 5.25. The molecule has 0 aromatic heterocycles. The summed E-state index contributed by atoms with van der Waals surface area (Å²) in [6.07, 6.45) is 9.17. The van der Waals surface area contributed by atoms with Gasteiger partial charge in [-0.2, -0.15) is 0 Å². The molecule has 3 aliphatic rings. The number of nitrogens with zero attached hydrogens (tertiary/aromatic N) is 2. The molecule has 4 rings (SSSR count). The molecule has 2 heterocycles. The first-order chi connectivity index (χ1) is 12.3. The van der Waals surface area contributed by atoms with Crippen molar-refractivity contribution in [1.29, 1.82) is 0 Å². The van der Waals surface area contributed by atoms with Gasteiger partial charge in [0.15, 0.2) is 0 Å². The summed E-state index contributed by atoms with van der Waals surface area (Å²) in [7, 11) is 0. The summed E-state index contributed by atoms with van der Waals surface area (Å²) in [4.78, 5) is 17.7. The Morgan fingerprint density at radius 3 is 2.60 bits per heavy atom. The summed E-state index contributed by atoms with van der Waals surface area (Å²) in [6, 6.07) is 10.7. The van der Waals surface area contributed by atoms with Gasteiger partial charge in [0.1, 0.15) is 0 Å². The number of benzene rings is 1. The normalized spacial score (nSPS) is 26.7. The van der Waals surface area contributed by atoms with Crippen molar-refractivity contribution in [1.82, 2.24) is 9.80 Å². The van der Waals surface area contributed by atoms with Crippen LogP contribution in [0.4, 0.5) is 10.5 Å². The average molecular weight is 341 g/mol. The Bertz CT molecular complexity index is 570. The minimum Gasteiger partial charge on any atom is -0.324 e. The van der Waals surface area contributed by atoms with Crippen LogP contribution in [0, 0.1) is 11.8 Å². The van der Waals surface area contributed by atoms with Crippen LogP contribution in [0.1, 0.15) is 44.9 Å². The molecule has 1 aromatic carbocycles. The predicted octanol–water partition coefficient (Wildman–Crippen LogP) is 4.20. The number of carbonyl (C=O) groups is 1. The monoisotopic (exact) mass is 341 g/mol. The maximum atomic E-state index is 12.9. The third-order valence-electron chi connectivity index (χ3n) is 6.17. The molecule has 0 radical (unpaired) electrons. The van der Waals surface area contributed by atoms with Gasteiger partial charge in [-0.15, -0.1) is 0 Å². The van der Waals surface area contributed by atoms with Crippen LogP contribution in [-0.4, -0.2) is 48.1 Å². The number of amides is 2. The third-order valence-corrected chi connectivity index (χ3v) is 6.17. The zero-order valence-electron chi connectivity index (χ0n) is 15.2. The lowest BCUT2D eigenvalue weighted by atomic mass is 9.83. The Hall–Kier alpha value is -1.55. The number of piperidine rings is 2. The lowest BCUT2D eigenvalue weighted by Crippen LogP contribution is -2.52. The highest BCUT2D eigenvalue weighted by molar-refractivity contribution is 5.89. The smallest absolute Gasteiger partial charge is 0.321 e. The Morgan fingerprint density at radius 2 is 1.80 bits per heavy atom. The molecule has 0 spiro atoms. The quantitative estimate of drug-likeness (QED) is 0.871. The second kappa shape index (κ2) is 7.77. The maximum absolute atomic E-state index is 12.9. The number of anilines is 1. The fourth-order valence-electron chi connectivity index (χ4n) is 4.65. The summed E-state index contributed by atoms with van der Waals surface area (Å²) in [5.41, 5.74) is 0.899. The molecule has 4 nitrogen and oxygen atoms in total. The summed E-state index contributed by atoms with van der Waals surface area (Å²) < 4.78 is 0. The molecule has 3 fully saturated rings. The molecule has 1 N–H and O–H groups in total. The Labute approximate surface area is 151 Å². The molecule has 1 saturated carbocycles.